The van der Waals surface area contributed by atoms with Gasteiger partial charge in [-0.15, -0.1) is 0 Å². The molecule has 2 aromatic rings. The predicted molar refractivity (Wildman–Crippen MR) is 88.6 cm³/mol. The van der Waals surface area contributed by atoms with Crippen LogP contribution in [0, 0.1) is 0 Å². The summed E-state index contributed by atoms with van der Waals surface area (Å²) >= 11 is 4.61. The third-order valence-electron chi connectivity index (χ3n) is 2.69. The quantitative estimate of drug-likeness (QED) is 0.763. The Morgan fingerprint density at radius 1 is 0.818 bits per heavy atom. The summed E-state index contributed by atoms with van der Waals surface area (Å²) in [6.45, 7) is 1.25. The van der Waals surface area contributed by atoms with Crippen LogP contribution in [0.4, 0.5) is 9.59 Å². The molecule has 0 aliphatic heterocycles. The van der Waals surface area contributed by atoms with E-state index in [4.69, 9.17) is 4.79 Å². The van der Waals surface area contributed by atoms with Crippen molar-refractivity contribution in [2.45, 2.75) is 13.1 Å². The molecule has 0 aliphatic rings. The van der Waals surface area contributed by atoms with Crippen LogP contribution in [0.5, 0.6) is 0 Å². The van der Waals surface area contributed by atoms with Crippen molar-refractivity contribution in [3.05, 3.63) is 71.8 Å². The molecule has 2 N–H and O–H groups in total. The molecule has 0 saturated carbocycles. The van der Waals surface area contributed by atoms with Crippen LogP contribution in [-0.4, -0.2) is 46.5 Å². The van der Waals surface area contributed by atoms with E-state index in [1.165, 1.54) is 0 Å². The van der Waals surface area contributed by atoms with Crippen LogP contribution in [0.25, 0.3) is 0 Å². The fourth-order valence-corrected chi connectivity index (χ4v) is 2.06. The van der Waals surface area contributed by atoms with Crippen molar-refractivity contribution in [2.24, 2.45) is 5.73 Å². The standard InChI is InChI=1S/C15H14NOSe.CH2NOSe/c17-15(18)16(11-13-7-3-1-4-8-13)12-14-9-5-2-6-10-14;2-1(3)4/h1-10H,11-12H2;(H2,2,3). The van der Waals surface area contributed by atoms with Gasteiger partial charge in [-0.2, -0.15) is 0 Å². The third kappa shape index (κ3) is 8.01. The van der Waals surface area contributed by atoms with Gasteiger partial charge in [-0.25, -0.2) is 0 Å². The van der Waals surface area contributed by atoms with Crippen molar-refractivity contribution in [1.82, 2.24) is 4.90 Å². The number of amides is 2. The first-order valence-corrected chi connectivity index (χ1v) is 8.20. The second kappa shape index (κ2) is 10.2. The molecular formula is C16H16N2O2Se2. The zero-order valence-electron chi connectivity index (χ0n) is 11.8. The molecule has 0 aromatic heterocycles. The Balaban J connectivity index is 0.000000541. The molecule has 22 heavy (non-hydrogen) atoms. The molecule has 0 bridgehead atoms. The number of primary amides is 1. The van der Waals surface area contributed by atoms with Gasteiger partial charge in [-0.05, 0) is 0 Å². The summed E-state index contributed by atoms with van der Waals surface area (Å²) in [5.41, 5.74) is 6.69. The third-order valence-corrected chi connectivity index (χ3v) is 3.23. The Morgan fingerprint density at radius 3 is 1.41 bits per heavy atom. The maximum absolute atomic E-state index is 11.6. The molecule has 2 radical (unpaired) electrons. The first-order valence-electron chi connectivity index (χ1n) is 6.49. The van der Waals surface area contributed by atoms with Crippen LogP contribution in [0.3, 0.4) is 0 Å². The first-order chi connectivity index (χ1) is 10.5. The summed E-state index contributed by atoms with van der Waals surface area (Å²) in [6, 6.07) is 20.0. The second-order valence-corrected chi connectivity index (χ2v) is 5.99. The Labute approximate surface area is 146 Å². The summed E-state index contributed by atoms with van der Waals surface area (Å²) in [6.07, 6.45) is 0. The van der Waals surface area contributed by atoms with Crippen LogP contribution in [0.15, 0.2) is 60.7 Å². The number of hydrogen-bond acceptors (Lipinski definition) is 2. The number of nitrogens with zero attached hydrogens (tertiary/aromatic N) is 1. The van der Waals surface area contributed by atoms with Gasteiger partial charge >= 0.3 is 147 Å². The second-order valence-electron chi connectivity index (χ2n) is 4.41. The van der Waals surface area contributed by atoms with Crippen molar-refractivity contribution in [2.75, 3.05) is 0 Å². The van der Waals surface area contributed by atoms with Gasteiger partial charge in [0, 0.05) is 0 Å². The van der Waals surface area contributed by atoms with Gasteiger partial charge in [0.15, 0.2) is 0 Å². The van der Waals surface area contributed by atoms with E-state index in [-0.39, 0.29) is 4.81 Å². The molecule has 6 heteroatoms. The van der Waals surface area contributed by atoms with Crippen molar-refractivity contribution in [1.29, 1.82) is 0 Å². The molecule has 2 rings (SSSR count). The van der Waals surface area contributed by atoms with Crippen molar-refractivity contribution in [3.63, 3.8) is 0 Å². The van der Waals surface area contributed by atoms with Gasteiger partial charge < -0.3 is 0 Å². The molecule has 0 aliphatic carbocycles. The molecule has 114 valence electrons. The summed E-state index contributed by atoms with van der Waals surface area (Å²) in [5.74, 6) is 0. The van der Waals surface area contributed by atoms with E-state index in [0.717, 1.165) is 11.1 Å². The molecular weight excluding hydrogens is 410 g/mol. The fourth-order valence-electron chi connectivity index (χ4n) is 1.79. The average Bonchev–Trinajstić information content (AvgIpc) is 2.48. The van der Waals surface area contributed by atoms with Gasteiger partial charge in [-0.3, -0.25) is 0 Å². The van der Waals surface area contributed by atoms with Gasteiger partial charge in [0.25, 0.3) is 0 Å². The van der Waals surface area contributed by atoms with Crippen molar-refractivity contribution >= 4 is 41.6 Å². The van der Waals surface area contributed by atoms with Gasteiger partial charge in [-0.1, -0.05) is 0 Å². The first kappa shape index (κ1) is 18.5. The predicted octanol–water partition coefficient (Wildman–Crippen LogP) is 2.21. The van der Waals surface area contributed by atoms with Crippen LogP contribution in [-0.2, 0) is 13.1 Å². The van der Waals surface area contributed by atoms with E-state index in [2.05, 4.69) is 21.7 Å². The zero-order chi connectivity index (χ0) is 16.4. The number of carbonyl (C=O) groups excluding carboxylic acids is 2. The normalized spacial score (nSPS) is 9.27. The van der Waals surface area contributed by atoms with Gasteiger partial charge in [0.2, 0.25) is 0 Å². The minimum absolute atomic E-state index is 0.0253. The van der Waals surface area contributed by atoms with E-state index in [9.17, 15) is 4.79 Å². The topological polar surface area (TPSA) is 63.4 Å². The van der Waals surface area contributed by atoms with Crippen molar-refractivity contribution < 1.29 is 9.59 Å². The number of hydrogen-bond donors (Lipinski definition) is 1. The summed E-state index contributed by atoms with van der Waals surface area (Å²) in [5, 5.41) is 0. The Hall–Kier alpha value is -1.58. The number of rotatable bonds is 4. The molecule has 0 spiro atoms. The molecule has 0 unspecified atom stereocenters. The monoisotopic (exact) mass is 428 g/mol. The molecule has 0 saturated heterocycles. The van der Waals surface area contributed by atoms with Crippen LogP contribution < -0.4 is 5.73 Å². The molecule has 0 fully saturated rings. The number of nitrogens with two attached hydrogens (primary N) is 1. The average molecular weight is 426 g/mol. The van der Waals surface area contributed by atoms with Gasteiger partial charge in [0.05, 0.1) is 0 Å². The van der Waals surface area contributed by atoms with Gasteiger partial charge in [0.1, 0.15) is 0 Å². The van der Waals surface area contributed by atoms with Crippen LogP contribution in [0.2, 0.25) is 0 Å². The molecule has 2 amide bonds. The Bertz CT molecular complexity index is 546. The SMILES string of the molecule is NC(=O)[Se].O=C([Se])N(Cc1ccccc1)Cc1ccccc1. The van der Waals surface area contributed by atoms with E-state index in [0.29, 0.717) is 13.1 Å². The fraction of sp³-hybridized carbons (Fsp3) is 0.125. The molecule has 4 nitrogen and oxygen atoms in total. The van der Waals surface area contributed by atoms with E-state index in [1.54, 1.807) is 4.90 Å². The van der Waals surface area contributed by atoms with E-state index in [1.807, 2.05) is 76.7 Å². The maximum atomic E-state index is 11.6. The molecule has 0 heterocycles. The number of benzene rings is 2. The minimum atomic E-state index is -0.458. The molecule has 2 aromatic carbocycles. The summed E-state index contributed by atoms with van der Waals surface area (Å²) in [4.78, 5) is 22.1. The summed E-state index contributed by atoms with van der Waals surface area (Å²) in [7, 11) is 0. The Kier molecular flexibility index (Phi) is 8.56. The van der Waals surface area contributed by atoms with Crippen molar-refractivity contribution in [3.8, 4) is 0 Å². The Morgan fingerprint density at radius 2 is 1.14 bits per heavy atom. The number of carbonyl (C=O) groups is 2. The zero-order valence-corrected chi connectivity index (χ0v) is 15.3. The van der Waals surface area contributed by atoms with Crippen LogP contribution in [0.1, 0.15) is 11.1 Å². The van der Waals surface area contributed by atoms with E-state index < -0.39 is 4.81 Å². The van der Waals surface area contributed by atoms with E-state index >= 15 is 0 Å². The van der Waals surface area contributed by atoms with Crippen LogP contribution >= 0.6 is 0 Å². The molecule has 0 atom stereocenters. The summed E-state index contributed by atoms with van der Waals surface area (Å²) < 4.78 is 0.